The van der Waals surface area contributed by atoms with Crippen LogP contribution in [0.5, 0.6) is 0 Å². The first-order valence-corrected chi connectivity index (χ1v) is 4.24. The number of benzene rings is 1. The van der Waals surface area contributed by atoms with Crippen LogP contribution in [0.1, 0.15) is 31.9 Å². The molecule has 1 nitrogen and oxygen atoms in total. The van der Waals surface area contributed by atoms with E-state index in [1.54, 1.807) is 0 Å². The zero-order chi connectivity index (χ0) is 9.19. The molecule has 1 aromatic carbocycles. The normalized spacial score (nSPS) is 11.7. The van der Waals surface area contributed by atoms with Gasteiger partial charge in [-0.1, -0.05) is 45.0 Å². The molecule has 0 atom stereocenters. The molecule has 12 heavy (non-hydrogen) atoms. The number of aliphatic hydroxyl groups excluding tert-OH is 1. The summed E-state index contributed by atoms with van der Waals surface area (Å²) in [7, 11) is 0. The van der Waals surface area contributed by atoms with E-state index in [1.807, 2.05) is 12.1 Å². The summed E-state index contributed by atoms with van der Waals surface area (Å²) in [6, 6.07) is 8.08. The maximum atomic E-state index is 8.93. The number of rotatable bonds is 1. The Bertz CT molecular complexity index is 258. The van der Waals surface area contributed by atoms with Crippen LogP contribution >= 0.6 is 0 Å². The zero-order valence-electron chi connectivity index (χ0n) is 7.96. The molecule has 1 heteroatoms. The predicted molar refractivity (Wildman–Crippen MR) is 51.1 cm³/mol. The molecule has 0 unspecified atom stereocenters. The minimum atomic E-state index is 0.129. The fraction of sp³-hybridized carbons (Fsp3) is 0.455. The molecule has 0 bridgehead atoms. The van der Waals surface area contributed by atoms with Crippen LogP contribution in [0.25, 0.3) is 0 Å². The molecular weight excluding hydrogens is 148 g/mol. The Hall–Kier alpha value is -0.820. The second kappa shape index (κ2) is 3.28. The van der Waals surface area contributed by atoms with E-state index in [9.17, 15) is 0 Å². The molecular formula is C11H16O. The molecule has 0 aliphatic heterocycles. The molecule has 0 saturated heterocycles. The van der Waals surface area contributed by atoms with Crippen molar-refractivity contribution in [2.24, 2.45) is 0 Å². The number of hydrogen-bond acceptors (Lipinski definition) is 1. The molecule has 0 aliphatic rings. The molecule has 1 N–H and O–H groups in total. The number of hydrogen-bond donors (Lipinski definition) is 1. The molecule has 0 aromatic heterocycles. The highest BCUT2D eigenvalue weighted by atomic mass is 16.3. The minimum absolute atomic E-state index is 0.129. The second-order valence-corrected chi connectivity index (χ2v) is 4.11. The van der Waals surface area contributed by atoms with Crippen molar-refractivity contribution in [1.29, 1.82) is 0 Å². The van der Waals surface area contributed by atoms with Crippen molar-refractivity contribution in [1.82, 2.24) is 0 Å². The van der Waals surface area contributed by atoms with Gasteiger partial charge >= 0.3 is 0 Å². The van der Waals surface area contributed by atoms with Crippen LogP contribution in [0.3, 0.4) is 0 Å². The summed E-state index contributed by atoms with van der Waals surface area (Å²) in [5.41, 5.74) is 2.43. The molecule has 0 radical (unpaired) electrons. The summed E-state index contributed by atoms with van der Waals surface area (Å²) in [4.78, 5) is 0. The molecule has 1 rings (SSSR count). The van der Waals surface area contributed by atoms with Crippen LogP contribution < -0.4 is 0 Å². The Morgan fingerprint density at radius 1 is 1.25 bits per heavy atom. The molecule has 0 aliphatic carbocycles. The topological polar surface area (TPSA) is 20.2 Å². The first-order valence-electron chi connectivity index (χ1n) is 4.24. The van der Waals surface area contributed by atoms with Gasteiger partial charge < -0.3 is 5.11 Å². The first-order chi connectivity index (χ1) is 5.54. The molecule has 1 aromatic rings. The standard InChI is InChI=1S/C11H16O/c1-11(2,3)10-6-4-5-9(7-10)8-12/h4-7,12H,8H2,1-3H3. The van der Waals surface area contributed by atoms with Crippen LogP contribution in [0.15, 0.2) is 24.3 Å². The summed E-state index contributed by atoms with van der Waals surface area (Å²) < 4.78 is 0. The Morgan fingerprint density at radius 2 is 1.92 bits per heavy atom. The van der Waals surface area contributed by atoms with Gasteiger partial charge in [-0.3, -0.25) is 0 Å². The maximum Gasteiger partial charge on any atom is 0.0681 e. The van der Waals surface area contributed by atoms with Crippen LogP contribution in [0.2, 0.25) is 0 Å². The molecule has 66 valence electrons. The Labute approximate surface area is 74.1 Å². The van der Waals surface area contributed by atoms with E-state index in [4.69, 9.17) is 5.11 Å². The van der Waals surface area contributed by atoms with Crippen LogP contribution in [-0.2, 0) is 12.0 Å². The zero-order valence-corrected chi connectivity index (χ0v) is 7.96. The SMILES string of the molecule is CC(C)(C)c1cccc(CO)c1. The second-order valence-electron chi connectivity index (χ2n) is 4.11. The summed E-state index contributed by atoms with van der Waals surface area (Å²) in [5.74, 6) is 0. The van der Waals surface area contributed by atoms with Crippen molar-refractivity contribution < 1.29 is 5.11 Å². The Kier molecular flexibility index (Phi) is 2.53. The van der Waals surface area contributed by atoms with Gasteiger partial charge in [0, 0.05) is 0 Å². The van der Waals surface area contributed by atoms with Gasteiger partial charge in [-0.15, -0.1) is 0 Å². The number of aliphatic hydroxyl groups is 1. The lowest BCUT2D eigenvalue weighted by molar-refractivity contribution is 0.281. The van der Waals surface area contributed by atoms with E-state index < -0.39 is 0 Å². The van der Waals surface area contributed by atoms with Crippen molar-refractivity contribution in [2.75, 3.05) is 0 Å². The van der Waals surface area contributed by atoms with E-state index in [2.05, 4.69) is 32.9 Å². The maximum absolute atomic E-state index is 8.93. The smallest absolute Gasteiger partial charge is 0.0681 e. The van der Waals surface area contributed by atoms with Gasteiger partial charge in [-0.05, 0) is 16.5 Å². The quantitative estimate of drug-likeness (QED) is 0.676. The molecule has 0 spiro atoms. The van der Waals surface area contributed by atoms with Gasteiger partial charge in [0.15, 0.2) is 0 Å². The summed E-state index contributed by atoms with van der Waals surface area (Å²) in [6.45, 7) is 6.64. The van der Waals surface area contributed by atoms with Gasteiger partial charge in [-0.2, -0.15) is 0 Å². The van der Waals surface area contributed by atoms with Gasteiger partial charge in [-0.25, -0.2) is 0 Å². The van der Waals surface area contributed by atoms with Crippen LogP contribution in [-0.4, -0.2) is 5.11 Å². The van der Waals surface area contributed by atoms with Crippen molar-refractivity contribution in [2.45, 2.75) is 32.8 Å². The van der Waals surface area contributed by atoms with Crippen molar-refractivity contribution in [3.63, 3.8) is 0 Å². The first kappa shape index (κ1) is 9.27. The van der Waals surface area contributed by atoms with E-state index in [0.29, 0.717) is 0 Å². The highest BCUT2D eigenvalue weighted by molar-refractivity contribution is 5.28. The van der Waals surface area contributed by atoms with E-state index >= 15 is 0 Å². The lowest BCUT2D eigenvalue weighted by atomic mass is 9.86. The van der Waals surface area contributed by atoms with Gasteiger partial charge in [0.25, 0.3) is 0 Å². The van der Waals surface area contributed by atoms with Gasteiger partial charge in [0.1, 0.15) is 0 Å². The molecule has 0 fully saturated rings. The third-order valence-corrected chi connectivity index (χ3v) is 1.98. The largest absolute Gasteiger partial charge is 0.392 e. The third kappa shape index (κ3) is 2.08. The third-order valence-electron chi connectivity index (χ3n) is 1.98. The van der Waals surface area contributed by atoms with E-state index in [0.717, 1.165) is 5.56 Å². The van der Waals surface area contributed by atoms with Crippen molar-refractivity contribution >= 4 is 0 Å². The minimum Gasteiger partial charge on any atom is -0.392 e. The average Bonchev–Trinajstić information content (AvgIpc) is 2.03. The van der Waals surface area contributed by atoms with E-state index in [1.165, 1.54) is 5.56 Å². The highest BCUT2D eigenvalue weighted by Crippen LogP contribution is 2.22. The van der Waals surface area contributed by atoms with Gasteiger partial charge in [0.2, 0.25) is 0 Å². The van der Waals surface area contributed by atoms with Crippen LogP contribution in [0.4, 0.5) is 0 Å². The Balaban J connectivity index is 3.02. The molecule has 0 amide bonds. The van der Waals surface area contributed by atoms with Gasteiger partial charge in [0.05, 0.1) is 6.61 Å². The summed E-state index contributed by atoms with van der Waals surface area (Å²) in [5, 5.41) is 8.93. The Morgan fingerprint density at radius 3 is 2.42 bits per heavy atom. The molecule has 0 heterocycles. The van der Waals surface area contributed by atoms with Crippen LogP contribution in [0, 0.1) is 0 Å². The fourth-order valence-electron chi connectivity index (χ4n) is 1.14. The fourth-order valence-corrected chi connectivity index (χ4v) is 1.14. The van der Waals surface area contributed by atoms with Crippen molar-refractivity contribution in [3.8, 4) is 0 Å². The lowest BCUT2D eigenvalue weighted by Crippen LogP contribution is -2.11. The summed E-state index contributed by atoms with van der Waals surface area (Å²) >= 11 is 0. The lowest BCUT2D eigenvalue weighted by Gasteiger charge is -2.19. The van der Waals surface area contributed by atoms with E-state index in [-0.39, 0.29) is 12.0 Å². The summed E-state index contributed by atoms with van der Waals surface area (Å²) in [6.07, 6.45) is 0. The molecule has 0 saturated carbocycles. The highest BCUT2D eigenvalue weighted by Gasteiger charge is 2.12. The average molecular weight is 164 g/mol. The predicted octanol–water partition coefficient (Wildman–Crippen LogP) is 2.48. The van der Waals surface area contributed by atoms with Crippen molar-refractivity contribution in [3.05, 3.63) is 35.4 Å². The monoisotopic (exact) mass is 164 g/mol.